The highest BCUT2D eigenvalue weighted by Crippen LogP contribution is 2.42. The summed E-state index contributed by atoms with van der Waals surface area (Å²) in [6.45, 7) is 4.59. The highest BCUT2D eigenvalue weighted by atomic mass is 35.5. The van der Waals surface area contributed by atoms with Crippen molar-refractivity contribution in [2.75, 3.05) is 13.2 Å². The van der Waals surface area contributed by atoms with Gasteiger partial charge in [0.2, 0.25) is 0 Å². The Kier molecular flexibility index (Phi) is 5.45. The molecule has 4 rings (SSSR count). The highest BCUT2D eigenvalue weighted by Gasteiger charge is 2.59. The lowest BCUT2D eigenvalue weighted by Gasteiger charge is -2.39. The van der Waals surface area contributed by atoms with Crippen LogP contribution in [-0.2, 0) is 4.74 Å². The topological polar surface area (TPSA) is 123 Å². The zero-order chi connectivity index (χ0) is 20.2. The fourth-order valence-electron chi connectivity index (χ4n) is 4.70. The van der Waals surface area contributed by atoms with Crippen molar-refractivity contribution in [2.24, 2.45) is 11.7 Å². The van der Waals surface area contributed by atoms with Crippen LogP contribution in [0.4, 0.5) is 0 Å². The quantitative estimate of drug-likeness (QED) is 0.396. The number of likely N-dealkylation sites (tertiary alicyclic amines) is 1. The van der Waals surface area contributed by atoms with Crippen LogP contribution in [0.3, 0.4) is 0 Å². The largest absolute Gasteiger partial charge is 0.386 e. The molecule has 0 aliphatic carbocycles. The molecular formula is C19H29ClN4O4. The molecule has 0 radical (unpaired) electrons. The number of nitrogens with one attached hydrogen (secondary N) is 2. The maximum atomic E-state index is 11.0. The van der Waals surface area contributed by atoms with E-state index >= 15 is 0 Å². The Morgan fingerprint density at radius 3 is 2.86 bits per heavy atom. The Bertz CT molecular complexity index is 736. The number of rotatable bonds is 3. The van der Waals surface area contributed by atoms with Crippen LogP contribution in [0.15, 0.2) is 18.2 Å². The van der Waals surface area contributed by atoms with E-state index in [2.05, 4.69) is 10.6 Å². The summed E-state index contributed by atoms with van der Waals surface area (Å²) in [5.41, 5.74) is 5.95. The van der Waals surface area contributed by atoms with Crippen LogP contribution in [0.5, 0.6) is 0 Å². The lowest BCUT2D eigenvalue weighted by Crippen LogP contribution is -2.64. The smallest absolute Gasteiger partial charge is 0.141 e. The van der Waals surface area contributed by atoms with E-state index in [4.69, 9.17) is 22.1 Å². The van der Waals surface area contributed by atoms with Crippen molar-refractivity contribution in [1.82, 2.24) is 15.5 Å². The SMILES string of the molecule is Cc1cc([C@@H](O)[C@H]2O[C@@H](N3CCC4C(N)NCNC43)[C@H](O)[C@]2(C)O)ccc1Cl. The molecular weight excluding hydrogens is 384 g/mol. The number of halogens is 1. The van der Waals surface area contributed by atoms with Crippen LogP contribution < -0.4 is 16.4 Å². The van der Waals surface area contributed by atoms with Crippen molar-refractivity contribution in [3.05, 3.63) is 34.3 Å². The summed E-state index contributed by atoms with van der Waals surface area (Å²) in [6.07, 6.45) is -3.34. The molecule has 1 aromatic carbocycles. The van der Waals surface area contributed by atoms with E-state index in [-0.39, 0.29) is 18.2 Å². The molecule has 0 saturated carbocycles. The number of hydrogen-bond acceptors (Lipinski definition) is 8. The molecule has 1 aromatic rings. The van der Waals surface area contributed by atoms with Crippen molar-refractivity contribution in [2.45, 2.75) is 62.7 Å². The van der Waals surface area contributed by atoms with Gasteiger partial charge in [-0.15, -0.1) is 0 Å². The maximum absolute atomic E-state index is 11.0. The van der Waals surface area contributed by atoms with Crippen LogP contribution >= 0.6 is 11.6 Å². The van der Waals surface area contributed by atoms with Gasteiger partial charge in [-0.05, 0) is 37.5 Å². The second-order valence-corrected chi connectivity index (χ2v) is 8.72. The first-order valence-corrected chi connectivity index (χ1v) is 10.1. The Morgan fingerprint density at radius 2 is 2.14 bits per heavy atom. The van der Waals surface area contributed by atoms with Crippen molar-refractivity contribution in [1.29, 1.82) is 0 Å². The van der Waals surface area contributed by atoms with Gasteiger partial charge < -0.3 is 25.8 Å². The number of aliphatic hydroxyl groups is 3. The van der Waals surface area contributed by atoms with E-state index in [0.29, 0.717) is 23.8 Å². The number of aryl methyl sites for hydroxylation is 1. The molecule has 28 heavy (non-hydrogen) atoms. The van der Waals surface area contributed by atoms with Gasteiger partial charge in [0.15, 0.2) is 0 Å². The molecule has 8 nitrogen and oxygen atoms in total. The van der Waals surface area contributed by atoms with Gasteiger partial charge >= 0.3 is 0 Å². The molecule has 8 atom stereocenters. The second-order valence-electron chi connectivity index (χ2n) is 8.32. The molecule has 3 heterocycles. The predicted octanol–water partition coefficient (Wildman–Crippen LogP) is -0.398. The third-order valence-corrected chi connectivity index (χ3v) is 6.89. The highest BCUT2D eigenvalue weighted by molar-refractivity contribution is 6.31. The lowest BCUT2D eigenvalue weighted by molar-refractivity contribution is -0.133. The van der Waals surface area contributed by atoms with Gasteiger partial charge in [0.1, 0.15) is 30.1 Å². The third kappa shape index (κ3) is 3.27. The summed E-state index contributed by atoms with van der Waals surface area (Å²) >= 11 is 6.08. The number of ether oxygens (including phenoxy) is 1. The molecule has 3 fully saturated rings. The molecule has 3 unspecified atom stereocenters. The Labute approximate surface area is 169 Å². The summed E-state index contributed by atoms with van der Waals surface area (Å²) in [4.78, 5) is 2.00. The van der Waals surface area contributed by atoms with Gasteiger partial charge in [0.05, 0.1) is 12.3 Å². The minimum Gasteiger partial charge on any atom is -0.386 e. The zero-order valence-electron chi connectivity index (χ0n) is 16.0. The van der Waals surface area contributed by atoms with E-state index in [1.165, 1.54) is 6.92 Å². The first kappa shape index (κ1) is 20.5. The lowest BCUT2D eigenvalue weighted by atomic mass is 9.88. The Hall–Kier alpha value is -0.810. The molecule has 0 bridgehead atoms. The average Bonchev–Trinajstić information content (AvgIpc) is 3.17. The van der Waals surface area contributed by atoms with Crippen molar-refractivity contribution in [3.63, 3.8) is 0 Å². The summed E-state index contributed by atoms with van der Waals surface area (Å²) in [5, 5.41) is 40.0. The van der Waals surface area contributed by atoms with Gasteiger partial charge in [-0.1, -0.05) is 23.7 Å². The number of nitrogens with zero attached hydrogens (tertiary/aromatic N) is 1. The summed E-state index contributed by atoms with van der Waals surface area (Å²) in [7, 11) is 0. The molecule has 0 amide bonds. The van der Waals surface area contributed by atoms with Crippen LogP contribution in [-0.4, -0.2) is 69.8 Å². The van der Waals surface area contributed by atoms with Crippen molar-refractivity contribution < 1.29 is 20.1 Å². The standard InChI is InChI=1S/C19H29ClN4O4/c1-9-7-10(3-4-12(9)20)13(25)15-19(2,27)14(26)18(28-15)24-6-5-11-16(21)22-8-23-17(11)24/h3-4,7,11,13-18,22-23,25-27H,5-6,8,21H2,1-2H3/t11?,13-,14+,15-,16?,17?,18-,19+/m1/s1. The number of benzene rings is 1. The third-order valence-electron chi connectivity index (χ3n) is 6.46. The van der Waals surface area contributed by atoms with E-state index in [0.717, 1.165) is 12.0 Å². The van der Waals surface area contributed by atoms with E-state index < -0.39 is 30.1 Å². The zero-order valence-corrected chi connectivity index (χ0v) is 16.8. The molecule has 7 N–H and O–H groups in total. The summed E-state index contributed by atoms with van der Waals surface area (Å²) < 4.78 is 6.09. The number of nitrogens with two attached hydrogens (primary N) is 1. The molecule has 0 spiro atoms. The fraction of sp³-hybridized carbons (Fsp3) is 0.684. The van der Waals surface area contributed by atoms with E-state index in [9.17, 15) is 15.3 Å². The van der Waals surface area contributed by atoms with Gasteiger partial charge in [-0.3, -0.25) is 15.5 Å². The number of hydrogen-bond donors (Lipinski definition) is 6. The average molecular weight is 413 g/mol. The molecule has 156 valence electrons. The second kappa shape index (κ2) is 7.46. The van der Waals surface area contributed by atoms with Gasteiger partial charge in [0.25, 0.3) is 0 Å². The van der Waals surface area contributed by atoms with E-state index in [1.54, 1.807) is 18.2 Å². The molecule has 3 aliphatic heterocycles. The number of fused-ring (bicyclic) bond motifs is 1. The predicted molar refractivity (Wildman–Crippen MR) is 104 cm³/mol. The van der Waals surface area contributed by atoms with Gasteiger partial charge in [-0.25, -0.2) is 0 Å². The molecule has 9 heteroatoms. The molecule has 3 saturated heterocycles. The summed E-state index contributed by atoms with van der Waals surface area (Å²) in [6, 6.07) is 5.18. The molecule has 0 aromatic heterocycles. The Balaban J connectivity index is 1.57. The van der Waals surface area contributed by atoms with Crippen LogP contribution in [0, 0.1) is 12.8 Å². The van der Waals surface area contributed by atoms with Crippen molar-refractivity contribution >= 4 is 11.6 Å². The minimum absolute atomic E-state index is 0.0552. The maximum Gasteiger partial charge on any atom is 0.141 e. The minimum atomic E-state index is -1.62. The molecule has 3 aliphatic rings. The Morgan fingerprint density at radius 1 is 1.39 bits per heavy atom. The first-order valence-electron chi connectivity index (χ1n) is 9.70. The monoisotopic (exact) mass is 412 g/mol. The fourth-order valence-corrected chi connectivity index (χ4v) is 4.82. The van der Waals surface area contributed by atoms with Gasteiger partial charge in [-0.2, -0.15) is 0 Å². The van der Waals surface area contributed by atoms with Crippen molar-refractivity contribution in [3.8, 4) is 0 Å². The van der Waals surface area contributed by atoms with Crippen LogP contribution in [0.2, 0.25) is 5.02 Å². The summed E-state index contributed by atoms with van der Waals surface area (Å²) in [5.74, 6) is 0.178. The number of aliphatic hydroxyl groups excluding tert-OH is 2. The van der Waals surface area contributed by atoms with Crippen LogP contribution in [0.25, 0.3) is 0 Å². The van der Waals surface area contributed by atoms with E-state index in [1.807, 2.05) is 11.8 Å². The van der Waals surface area contributed by atoms with Gasteiger partial charge in [0, 0.05) is 24.2 Å². The van der Waals surface area contributed by atoms with Crippen LogP contribution in [0.1, 0.15) is 30.6 Å². The normalized spacial score (nSPS) is 42.5. The first-order chi connectivity index (χ1) is 13.2.